The van der Waals surface area contributed by atoms with E-state index in [9.17, 15) is 4.79 Å². The van der Waals surface area contributed by atoms with Gasteiger partial charge in [0.25, 0.3) is 0 Å². The quantitative estimate of drug-likeness (QED) is 0.844. The van der Waals surface area contributed by atoms with Crippen molar-refractivity contribution in [3.05, 3.63) is 95.1 Å². The fourth-order valence-electron chi connectivity index (χ4n) is 2.84. The predicted octanol–water partition coefficient (Wildman–Crippen LogP) is 3.72. The Morgan fingerprint density at radius 2 is 1.62 bits per heavy atom. The number of rotatable bonds is 4. The van der Waals surface area contributed by atoms with Gasteiger partial charge in [0.05, 0.1) is 11.3 Å². The molecule has 0 bridgehead atoms. The van der Waals surface area contributed by atoms with Gasteiger partial charge in [-0.3, -0.25) is 4.79 Å². The van der Waals surface area contributed by atoms with E-state index in [2.05, 4.69) is 0 Å². The molecule has 0 radical (unpaired) electrons. The van der Waals surface area contributed by atoms with E-state index in [1.165, 1.54) is 0 Å². The van der Waals surface area contributed by atoms with E-state index in [0.717, 1.165) is 5.56 Å². The molecule has 120 valence electrons. The number of carbonyl (C=O) groups excluding carboxylic acids is 1. The van der Waals surface area contributed by atoms with Crippen LogP contribution in [0.2, 0.25) is 0 Å². The van der Waals surface area contributed by atoms with Gasteiger partial charge < -0.3 is 11.1 Å². The Balaban J connectivity index is 2.07. The highest BCUT2D eigenvalue weighted by Gasteiger charge is 2.31. The van der Waals surface area contributed by atoms with E-state index in [0.29, 0.717) is 28.8 Å². The topological polar surface area (TPSA) is 66.9 Å². The summed E-state index contributed by atoms with van der Waals surface area (Å²) in [4.78, 5) is 12.9. The Labute approximate surface area is 142 Å². The summed E-state index contributed by atoms with van der Waals surface area (Å²) in [7, 11) is 0. The zero-order chi connectivity index (χ0) is 17.2. The van der Waals surface area contributed by atoms with Gasteiger partial charge in [0.15, 0.2) is 5.78 Å². The van der Waals surface area contributed by atoms with Gasteiger partial charge in [-0.2, -0.15) is 0 Å². The Morgan fingerprint density at radius 3 is 2.25 bits per heavy atom. The third-order valence-electron chi connectivity index (χ3n) is 4.27. The molecule has 3 rings (SSSR count). The molecule has 0 aromatic heterocycles. The molecule has 1 unspecified atom stereocenters. The smallest absolute Gasteiger partial charge is 0.193 e. The third kappa shape index (κ3) is 3.12. The highest BCUT2D eigenvalue weighted by Crippen LogP contribution is 2.27. The second kappa shape index (κ2) is 6.38. The lowest BCUT2D eigenvalue weighted by atomic mass is 9.79. The highest BCUT2D eigenvalue weighted by atomic mass is 16.1. The van der Waals surface area contributed by atoms with Crippen LogP contribution < -0.4 is 5.73 Å². The molecule has 0 saturated heterocycles. The largest absolute Gasteiger partial charge is 0.317 e. The van der Waals surface area contributed by atoms with E-state index in [1.807, 2.05) is 48.5 Å². The number of allylic oxidation sites excluding steroid dienone is 2. The van der Waals surface area contributed by atoms with Gasteiger partial charge in [0.2, 0.25) is 0 Å². The van der Waals surface area contributed by atoms with Crippen LogP contribution in [0.4, 0.5) is 0 Å². The van der Waals surface area contributed by atoms with Crippen LogP contribution >= 0.6 is 0 Å². The van der Waals surface area contributed by atoms with Gasteiger partial charge in [-0.15, -0.1) is 0 Å². The minimum atomic E-state index is -0.857. The average molecular weight is 316 g/mol. The molecule has 2 aromatic carbocycles. The number of carbonyl (C=O) groups is 1. The molecule has 3 N–H and O–H groups in total. The molecular formula is C21H20N2O. The molecule has 0 amide bonds. The lowest BCUT2D eigenvalue weighted by Crippen LogP contribution is -2.46. The first-order valence-electron chi connectivity index (χ1n) is 7.93. The summed E-state index contributed by atoms with van der Waals surface area (Å²) in [5, 5.41) is 8.50. The summed E-state index contributed by atoms with van der Waals surface area (Å²) < 4.78 is 0. The summed E-state index contributed by atoms with van der Waals surface area (Å²) >= 11 is 0. The summed E-state index contributed by atoms with van der Waals surface area (Å²) in [5.74, 6) is -0.0713. The predicted molar refractivity (Wildman–Crippen MR) is 97.4 cm³/mol. The summed E-state index contributed by atoms with van der Waals surface area (Å²) in [5.41, 5.74) is 8.58. The highest BCUT2D eigenvalue weighted by molar-refractivity contribution is 6.19. The molecule has 0 heterocycles. The standard InChI is InChI=1S/C21H20N2O/c1-21(23)13-12-17(19(24)16-10-6-3-7-11-16)18(20(21)22)14-15-8-4-2-5-9-15/h2-13,22H,14,23H2,1H3. The van der Waals surface area contributed by atoms with Crippen molar-refractivity contribution < 1.29 is 4.79 Å². The van der Waals surface area contributed by atoms with Crippen molar-refractivity contribution in [3.63, 3.8) is 0 Å². The zero-order valence-corrected chi connectivity index (χ0v) is 13.6. The number of Topliss-reactive ketones (excluding diaryl/α,β-unsaturated/α-hetero) is 1. The molecule has 3 nitrogen and oxygen atoms in total. The Morgan fingerprint density at radius 1 is 1.04 bits per heavy atom. The van der Waals surface area contributed by atoms with Crippen molar-refractivity contribution in [2.45, 2.75) is 18.9 Å². The van der Waals surface area contributed by atoms with E-state index >= 15 is 0 Å². The zero-order valence-electron chi connectivity index (χ0n) is 13.6. The molecule has 0 aliphatic heterocycles. The number of nitrogens with one attached hydrogen (secondary N) is 1. The SMILES string of the molecule is CC1(N)C=CC(C(=O)c2ccccc2)=C(Cc2ccccc2)C1=N. The van der Waals surface area contributed by atoms with Crippen molar-refractivity contribution in [1.29, 1.82) is 5.41 Å². The first-order chi connectivity index (χ1) is 11.5. The fourth-order valence-corrected chi connectivity index (χ4v) is 2.84. The molecular weight excluding hydrogens is 296 g/mol. The van der Waals surface area contributed by atoms with Crippen LogP contribution in [0.5, 0.6) is 0 Å². The van der Waals surface area contributed by atoms with Gasteiger partial charge in [-0.05, 0) is 18.1 Å². The molecule has 0 fully saturated rings. The van der Waals surface area contributed by atoms with Gasteiger partial charge in [-0.1, -0.05) is 72.8 Å². The van der Waals surface area contributed by atoms with Crippen LogP contribution in [0, 0.1) is 5.41 Å². The Kier molecular flexibility index (Phi) is 4.28. The Bertz CT molecular complexity index is 831. The van der Waals surface area contributed by atoms with Crippen LogP contribution in [0.15, 0.2) is 84.0 Å². The number of benzene rings is 2. The van der Waals surface area contributed by atoms with Crippen molar-refractivity contribution in [1.82, 2.24) is 0 Å². The van der Waals surface area contributed by atoms with Crippen LogP contribution in [-0.4, -0.2) is 17.0 Å². The third-order valence-corrected chi connectivity index (χ3v) is 4.27. The molecule has 1 aliphatic carbocycles. The maximum atomic E-state index is 12.9. The van der Waals surface area contributed by atoms with Gasteiger partial charge in [-0.25, -0.2) is 0 Å². The lowest BCUT2D eigenvalue weighted by Gasteiger charge is -2.29. The van der Waals surface area contributed by atoms with E-state index in [1.54, 1.807) is 31.2 Å². The van der Waals surface area contributed by atoms with Crippen LogP contribution in [0.25, 0.3) is 0 Å². The first kappa shape index (κ1) is 16.1. The van der Waals surface area contributed by atoms with Gasteiger partial charge in [0.1, 0.15) is 0 Å². The molecule has 3 heteroatoms. The molecule has 0 saturated carbocycles. The number of nitrogens with two attached hydrogens (primary N) is 1. The van der Waals surface area contributed by atoms with Gasteiger partial charge in [0, 0.05) is 17.6 Å². The summed E-state index contributed by atoms with van der Waals surface area (Å²) in [6.07, 6.45) is 4.02. The number of hydrogen-bond donors (Lipinski definition) is 2. The maximum absolute atomic E-state index is 12.9. The maximum Gasteiger partial charge on any atom is 0.193 e. The summed E-state index contributed by atoms with van der Waals surface area (Å²) in [6.45, 7) is 1.79. The van der Waals surface area contributed by atoms with E-state index in [-0.39, 0.29) is 5.78 Å². The number of hydrogen-bond acceptors (Lipinski definition) is 3. The van der Waals surface area contributed by atoms with Crippen LogP contribution in [0.1, 0.15) is 22.8 Å². The van der Waals surface area contributed by atoms with E-state index in [4.69, 9.17) is 11.1 Å². The summed E-state index contributed by atoms with van der Waals surface area (Å²) in [6, 6.07) is 19.0. The minimum Gasteiger partial charge on any atom is -0.317 e. The normalized spacial score (nSPS) is 20.3. The monoisotopic (exact) mass is 316 g/mol. The first-order valence-corrected chi connectivity index (χ1v) is 7.93. The molecule has 2 aromatic rings. The van der Waals surface area contributed by atoms with Crippen molar-refractivity contribution in [2.24, 2.45) is 5.73 Å². The molecule has 1 aliphatic rings. The average Bonchev–Trinajstić information content (AvgIpc) is 2.60. The van der Waals surface area contributed by atoms with E-state index < -0.39 is 5.54 Å². The second-order valence-electron chi connectivity index (χ2n) is 6.24. The van der Waals surface area contributed by atoms with Crippen LogP contribution in [-0.2, 0) is 6.42 Å². The van der Waals surface area contributed by atoms with Gasteiger partial charge >= 0.3 is 0 Å². The Hall–Kier alpha value is -2.78. The minimum absolute atomic E-state index is 0.0713. The van der Waals surface area contributed by atoms with Crippen molar-refractivity contribution in [2.75, 3.05) is 0 Å². The molecule has 1 atom stereocenters. The fraction of sp³-hybridized carbons (Fsp3) is 0.143. The van der Waals surface area contributed by atoms with Crippen LogP contribution in [0.3, 0.4) is 0 Å². The molecule has 24 heavy (non-hydrogen) atoms. The lowest BCUT2D eigenvalue weighted by molar-refractivity contribution is 0.103. The second-order valence-corrected chi connectivity index (χ2v) is 6.24. The molecule has 0 spiro atoms. The van der Waals surface area contributed by atoms with Crippen molar-refractivity contribution in [3.8, 4) is 0 Å². The van der Waals surface area contributed by atoms with Crippen molar-refractivity contribution >= 4 is 11.5 Å². The number of ketones is 1.